The monoisotopic (exact) mass is 764 g/mol. The van der Waals surface area contributed by atoms with Crippen LogP contribution in [0.2, 0.25) is 0 Å². The number of carbonyl (C=O) groups is 1. The van der Waals surface area contributed by atoms with Crippen molar-refractivity contribution in [2.24, 2.45) is 0 Å². The molecular formula is C39H36F4N4O4S2. The number of phenols is 1. The Morgan fingerprint density at radius 3 is 2.25 bits per heavy atom. The Kier molecular flexibility index (Phi) is 11.6. The third-order valence-electron chi connectivity index (χ3n) is 8.73. The Bertz CT molecular complexity index is 2160. The van der Waals surface area contributed by atoms with E-state index in [0.29, 0.717) is 55.7 Å². The summed E-state index contributed by atoms with van der Waals surface area (Å²) >= 11 is 1.47. The molecule has 276 valence electrons. The number of phenolic OH excluding ortho intramolecular Hbond substituents is 1. The van der Waals surface area contributed by atoms with Crippen LogP contribution >= 0.6 is 11.8 Å². The van der Waals surface area contributed by atoms with Crippen molar-refractivity contribution in [3.8, 4) is 16.9 Å². The van der Waals surface area contributed by atoms with Crippen LogP contribution in [-0.4, -0.2) is 62.8 Å². The summed E-state index contributed by atoms with van der Waals surface area (Å²) in [5.74, 6) is -0.799. The first-order valence-electron chi connectivity index (χ1n) is 16.7. The lowest BCUT2D eigenvalue weighted by atomic mass is 10.0. The second-order valence-corrected chi connectivity index (χ2v) is 15.3. The van der Waals surface area contributed by atoms with Crippen LogP contribution in [0.1, 0.15) is 21.5 Å². The quantitative estimate of drug-likeness (QED) is 0.0671. The molecule has 0 aliphatic carbocycles. The van der Waals surface area contributed by atoms with Gasteiger partial charge in [0.25, 0.3) is 15.9 Å². The maximum atomic E-state index is 14.9. The van der Waals surface area contributed by atoms with Crippen molar-refractivity contribution in [3.05, 3.63) is 138 Å². The molecule has 0 bridgehead atoms. The first-order valence-corrected chi connectivity index (χ1v) is 19.2. The van der Waals surface area contributed by atoms with Crippen LogP contribution in [0.15, 0.2) is 125 Å². The van der Waals surface area contributed by atoms with Crippen LogP contribution in [0, 0.1) is 5.82 Å². The van der Waals surface area contributed by atoms with E-state index < -0.39 is 32.6 Å². The van der Waals surface area contributed by atoms with E-state index in [1.807, 2.05) is 41.1 Å². The Balaban J connectivity index is 1.02. The fraction of sp³-hybridized carbons (Fsp3) is 0.205. The van der Waals surface area contributed by atoms with Crippen LogP contribution in [0.3, 0.4) is 0 Å². The third kappa shape index (κ3) is 9.69. The Hall–Kier alpha value is -5.05. The average Bonchev–Trinajstić information content (AvgIpc) is 3.14. The van der Waals surface area contributed by atoms with E-state index in [0.717, 1.165) is 28.3 Å². The molecular weight excluding hydrogens is 729 g/mol. The summed E-state index contributed by atoms with van der Waals surface area (Å²) in [7, 11) is -4.63. The van der Waals surface area contributed by atoms with Crippen molar-refractivity contribution in [1.29, 1.82) is 0 Å². The van der Waals surface area contributed by atoms with Crippen LogP contribution in [-0.2, 0) is 22.7 Å². The Labute approximate surface area is 309 Å². The number of benzene rings is 5. The number of thioether (sulfide) groups is 1. The lowest BCUT2D eigenvalue weighted by Crippen LogP contribution is -2.46. The van der Waals surface area contributed by atoms with Gasteiger partial charge in [0, 0.05) is 72.4 Å². The Morgan fingerprint density at radius 2 is 1.57 bits per heavy atom. The first-order chi connectivity index (χ1) is 25.4. The van der Waals surface area contributed by atoms with Gasteiger partial charge in [-0.2, -0.15) is 13.2 Å². The SMILES string of the molecule is O=C(NS(=O)(=O)c1ccc(NCCSc2ccccc2)c(C(F)(F)F)c1)c1ccc(N2CCN(Cc3ccc(-c4cccc(O)c4)c(F)c3)CC2)cc1. The van der Waals surface area contributed by atoms with Crippen LogP contribution < -0.4 is 14.9 Å². The maximum absolute atomic E-state index is 14.9. The number of rotatable bonds is 12. The summed E-state index contributed by atoms with van der Waals surface area (Å²) in [6.45, 7) is 3.45. The number of hydrogen-bond acceptors (Lipinski definition) is 8. The number of nitrogens with zero attached hydrogens (tertiary/aromatic N) is 2. The largest absolute Gasteiger partial charge is 0.508 e. The van der Waals surface area contributed by atoms with Gasteiger partial charge >= 0.3 is 6.18 Å². The van der Waals surface area contributed by atoms with Crippen molar-refractivity contribution in [1.82, 2.24) is 9.62 Å². The maximum Gasteiger partial charge on any atom is 0.418 e. The molecule has 5 aromatic carbocycles. The third-order valence-corrected chi connectivity index (χ3v) is 11.1. The molecule has 0 atom stereocenters. The lowest BCUT2D eigenvalue weighted by Gasteiger charge is -2.36. The van der Waals surface area contributed by atoms with Gasteiger partial charge in [-0.05, 0) is 83.9 Å². The number of alkyl halides is 3. The number of hydrogen-bond donors (Lipinski definition) is 3. The molecule has 14 heteroatoms. The predicted molar refractivity (Wildman–Crippen MR) is 199 cm³/mol. The van der Waals surface area contributed by atoms with E-state index in [-0.39, 0.29) is 29.4 Å². The van der Waals surface area contributed by atoms with E-state index in [1.165, 1.54) is 42.1 Å². The van der Waals surface area contributed by atoms with E-state index in [2.05, 4.69) is 15.1 Å². The van der Waals surface area contributed by atoms with Gasteiger partial charge in [-0.25, -0.2) is 17.5 Å². The summed E-state index contributed by atoms with van der Waals surface area (Å²) in [6, 6.07) is 29.8. The van der Waals surface area contributed by atoms with Crippen LogP contribution in [0.4, 0.5) is 28.9 Å². The number of carbonyl (C=O) groups excluding carboxylic acids is 1. The fourth-order valence-electron chi connectivity index (χ4n) is 6.00. The molecule has 0 aromatic heterocycles. The minimum absolute atomic E-state index is 0.0254. The highest BCUT2D eigenvalue weighted by molar-refractivity contribution is 7.99. The summed E-state index contributed by atoms with van der Waals surface area (Å²) in [4.78, 5) is 17.5. The van der Waals surface area contributed by atoms with E-state index in [9.17, 15) is 35.9 Å². The van der Waals surface area contributed by atoms with E-state index in [4.69, 9.17) is 0 Å². The molecule has 5 aromatic rings. The highest BCUT2D eigenvalue weighted by Gasteiger charge is 2.35. The van der Waals surface area contributed by atoms with Gasteiger partial charge in [0.1, 0.15) is 11.6 Å². The van der Waals surface area contributed by atoms with E-state index in [1.54, 1.807) is 30.3 Å². The molecule has 8 nitrogen and oxygen atoms in total. The molecule has 1 saturated heterocycles. The molecule has 1 aliphatic heterocycles. The van der Waals surface area contributed by atoms with Gasteiger partial charge in [0.2, 0.25) is 0 Å². The first kappa shape index (κ1) is 37.7. The minimum Gasteiger partial charge on any atom is -0.508 e. The molecule has 1 amide bonds. The second-order valence-electron chi connectivity index (χ2n) is 12.4. The number of sulfonamides is 1. The van der Waals surface area contributed by atoms with Crippen molar-refractivity contribution in [3.63, 3.8) is 0 Å². The average molecular weight is 765 g/mol. The normalized spacial score (nSPS) is 13.8. The summed E-state index contributed by atoms with van der Waals surface area (Å²) in [5.41, 5.74) is 1.24. The van der Waals surface area contributed by atoms with Gasteiger partial charge in [-0.1, -0.05) is 42.5 Å². The molecule has 6 rings (SSSR count). The molecule has 0 radical (unpaired) electrons. The van der Waals surface area contributed by atoms with E-state index >= 15 is 0 Å². The van der Waals surface area contributed by atoms with Gasteiger partial charge in [-0.15, -0.1) is 11.8 Å². The summed E-state index contributed by atoms with van der Waals surface area (Å²) < 4.78 is 84.8. The standard InChI is InChI=1S/C39H36F4N4O4S2/c40-36-23-27(9-15-34(36)29-5-4-6-31(48)24-29)26-46-18-20-47(21-19-46)30-12-10-28(11-13-30)38(49)45-53(50,51)33-14-16-37(35(25-33)39(41,42)43)44-17-22-52-32-7-2-1-3-8-32/h1-16,23-25,44,48H,17-22,26H2,(H,45,49). The number of piperazine rings is 1. The lowest BCUT2D eigenvalue weighted by molar-refractivity contribution is -0.137. The molecule has 0 unspecified atom stereocenters. The number of anilines is 2. The number of halogens is 4. The van der Waals surface area contributed by atoms with Gasteiger partial charge < -0.3 is 15.3 Å². The molecule has 53 heavy (non-hydrogen) atoms. The zero-order chi connectivity index (χ0) is 37.6. The number of amides is 1. The molecule has 1 aliphatic rings. The van der Waals surface area contributed by atoms with Gasteiger partial charge in [0.15, 0.2) is 0 Å². The van der Waals surface area contributed by atoms with Crippen LogP contribution in [0.25, 0.3) is 11.1 Å². The van der Waals surface area contributed by atoms with Gasteiger partial charge in [-0.3, -0.25) is 9.69 Å². The van der Waals surface area contributed by atoms with Crippen LogP contribution in [0.5, 0.6) is 5.75 Å². The highest BCUT2D eigenvalue weighted by atomic mass is 32.2. The van der Waals surface area contributed by atoms with Crippen molar-refractivity contribution >= 4 is 39.1 Å². The summed E-state index contributed by atoms with van der Waals surface area (Å²) in [5, 5.41) is 12.5. The summed E-state index contributed by atoms with van der Waals surface area (Å²) in [6.07, 6.45) is -4.84. The zero-order valence-corrected chi connectivity index (χ0v) is 29.9. The molecule has 0 saturated carbocycles. The molecule has 1 fully saturated rings. The van der Waals surface area contributed by atoms with Crippen molar-refractivity contribution in [2.75, 3.05) is 48.7 Å². The molecule has 1 heterocycles. The fourth-order valence-corrected chi connectivity index (χ4v) is 7.79. The topological polar surface area (TPSA) is 102 Å². The van der Waals surface area contributed by atoms with Gasteiger partial charge in [0.05, 0.1) is 10.5 Å². The smallest absolute Gasteiger partial charge is 0.418 e. The Morgan fingerprint density at radius 1 is 0.830 bits per heavy atom. The molecule has 0 spiro atoms. The number of aromatic hydroxyl groups is 1. The second kappa shape index (κ2) is 16.3. The number of nitrogens with one attached hydrogen (secondary N) is 2. The van der Waals surface area contributed by atoms with Crippen molar-refractivity contribution in [2.45, 2.75) is 22.5 Å². The zero-order valence-electron chi connectivity index (χ0n) is 28.3. The minimum atomic E-state index is -4.84. The highest BCUT2D eigenvalue weighted by Crippen LogP contribution is 2.36. The predicted octanol–water partition coefficient (Wildman–Crippen LogP) is 7.86. The van der Waals surface area contributed by atoms with Crippen molar-refractivity contribution < 1.29 is 35.9 Å². The molecule has 3 N–H and O–H groups in total.